The first-order chi connectivity index (χ1) is 9.69. The second kappa shape index (κ2) is 7.41. The van der Waals surface area contributed by atoms with Crippen molar-refractivity contribution in [3.63, 3.8) is 0 Å². The van der Waals surface area contributed by atoms with Gasteiger partial charge in [-0.1, -0.05) is 19.1 Å². The zero-order valence-corrected chi connectivity index (χ0v) is 12.1. The number of likely N-dealkylation sites (tertiary alicyclic amines) is 1. The van der Waals surface area contributed by atoms with Gasteiger partial charge < -0.3 is 15.3 Å². The molecule has 1 fully saturated rings. The van der Waals surface area contributed by atoms with Gasteiger partial charge in [0.25, 0.3) is 0 Å². The summed E-state index contributed by atoms with van der Waals surface area (Å²) < 4.78 is 0. The van der Waals surface area contributed by atoms with E-state index in [1.54, 1.807) is 12.1 Å². The predicted octanol–water partition coefficient (Wildman–Crippen LogP) is 2.35. The number of benzene rings is 1. The number of carboxylic acids is 1. The van der Waals surface area contributed by atoms with Crippen molar-refractivity contribution in [2.24, 2.45) is 0 Å². The molecule has 0 spiro atoms. The van der Waals surface area contributed by atoms with Crippen LogP contribution in [-0.4, -0.2) is 41.7 Å². The van der Waals surface area contributed by atoms with Crippen molar-refractivity contribution in [2.45, 2.75) is 38.8 Å². The lowest BCUT2D eigenvalue weighted by Crippen LogP contribution is -2.42. The molecule has 0 aromatic heterocycles. The fourth-order valence-corrected chi connectivity index (χ4v) is 2.70. The highest BCUT2D eigenvalue weighted by Crippen LogP contribution is 2.12. The van der Waals surface area contributed by atoms with Crippen LogP contribution in [0.1, 0.15) is 42.1 Å². The molecule has 0 bridgehead atoms. The third kappa shape index (κ3) is 4.32. The average molecular weight is 276 g/mol. The van der Waals surface area contributed by atoms with Gasteiger partial charge in [0.05, 0.1) is 5.56 Å². The second-order valence-corrected chi connectivity index (χ2v) is 5.50. The van der Waals surface area contributed by atoms with Gasteiger partial charge in [-0.25, -0.2) is 4.79 Å². The summed E-state index contributed by atoms with van der Waals surface area (Å²) in [5.74, 6) is -0.868. The molecule has 0 saturated carbocycles. The minimum absolute atomic E-state index is 0.349. The molecule has 0 radical (unpaired) electrons. The molecule has 110 valence electrons. The quantitative estimate of drug-likeness (QED) is 0.837. The summed E-state index contributed by atoms with van der Waals surface area (Å²) in [5.41, 5.74) is 1.49. The maximum absolute atomic E-state index is 10.8. The first-order valence-electron chi connectivity index (χ1n) is 7.47. The Balaban J connectivity index is 1.74. The van der Waals surface area contributed by atoms with Crippen LogP contribution in [0.4, 0.5) is 0 Å². The number of carbonyl (C=O) groups is 1. The van der Waals surface area contributed by atoms with Gasteiger partial charge in [0.2, 0.25) is 0 Å². The molecular weight excluding hydrogens is 252 g/mol. The maximum atomic E-state index is 10.8. The molecule has 1 aromatic carbocycles. The third-order valence-electron chi connectivity index (χ3n) is 3.92. The number of piperidine rings is 1. The number of carboxylic acid groups (broad SMARTS) is 1. The number of nitrogens with one attached hydrogen (secondary N) is 1. The minimum Gasteiger partial charge on any atom is -0.478 e. The molecule has 2 rings (SSSR count). The lowest BCUT2D eigenvalue weighted by Gasteiger charge is -2.32. The Bertz CT molecular complexity index is 423. The summed E-state index contributed by atoms with van der Waals surface area (Å²) in [5, 5.41) is 12.4. The highest BCUT2D eigenvalue weighted by atomic mass is 16.4. The van der Waals surface area contributed by atoms with Crippen LogP contribution in [0.2, 0.25) is 0 Å². The number of rotatable bonds is 6. The van der Waals surface area contributed by atoms with E-state index in [1.807, 2.05) is 12.1 Å². The number of nitrogens with zero attached hydrogens (tertiary/aromatic N) is 1. The molecule has 0 unspecified atom stereocenters. The number of hydrogen-bond donors (Lipinski definition) is 2. The lowest BCUT2D eigenvalue weighted by atomic mass is 10.0. The first-order valence-corrected chi connectivity index (χ1v) is 7.47. The zero-order chi connectivity index (χ0) is 14.4. The van der Waals surface area contributed by atoms with E-state index in [9.17, 15) is 4.79 Å². The molecule has 1 heterocycles. The van der Waals surface area contributed by atoms with Gasteiger partial charge in [-0.15, -0.1) is 0 Å². The maximum Gasteiger partial charge on any atom is 0.335 e. The largest absolute Gasteiger partial charge is 0.478 e. The van der Waals surface area contributed by atoms with Gasteiger partial charge >= 0.3 is 5.97 Å². The van der Waals surface area contributed by atoms with Gasteiger partial charge in [-0.2, -0.15) is 0 Å². The highest BCUT2D eigenvalue weighted by molar-refractivity contribution is 5.87. The molecule has 4 heteroatoms. The lowest BCUT2D eigenvalue weighted by molar-refractivity contribution is 0.0697. The van der Waals surface area contributed by atoms with Crippen molar-refractivity contribution in [3.05, 3.63) is 35.4 Å². The van der Waals surface area contributed by atoms with Gasteiger partial charge in [0.1, 0.15) is 0 Å². The summed E-state index contributed by atoms with van der Waals surface area (Å²) in [6.07, 6.45) is 3.63. The Morgan fingerprint density at radius 1 is 1.30 bits per heavy atom. The van der Waals surface area contributed by atoms with E-state index in [4.69, 9.17) is 5.11 Å². The number of hydrogen-bond acceptors (Lipinski definition) is 3. The van der Waals surface area contributed by atoms with Crippen molar-refractivity contribution in [2.75, 3.05) is 19.6 Å². The predicted molar refractivity (Wildman–Crippen MR) is 80.0 cm³/mol. The summed E-state index contributed by atoms with van der Waals surface area (Å²) in [6.45, 7) is 6.62. The van der Waals surface area contributed by atoms with E-state index in [0.717, 1.165) is 12.1 Å². The molecular formula is C16H24N2O2. The van der Waals surface area contributed by atoms with Crippen LogP contribution in [0.25, 0.3) is 0 Å². The highest BCUT2D eigenvalue weighted by Gasteiger charge is 2.17. The van der Waals surface area contributed by atoms with Gasteiger partial charge in [-0.3, -0.25) is 0 Å². The summed E-state index contributed by atoms with van der Waals surface area (Å²) in [7, 11) is 0. The van der Waals surface area contributed by atoms with Crippen LogP contribution in [0.5, 0.6) is 0 Å². The average Bonchev–Trinajstić information content (AvgIpc) is 2.47. The van der Waals surface area contributed by atoms with E-state index >= 15 is 0 Å². The molecule has 20 heavy (non-hydrogen) atoms. The van der Waals surface area contributed by atoms with Crippen LogP contribution >= 0.6 is 0 Å². The van der Waals surface area contributed by atoms with E-state index in [2.05, 4.69) is 17.1 Å². The molecule has 4 nitrogen and oxygen atoms in total. The monoisotopic (exact) mass is 276 g/mol. The first kappa shape index (κ1) is 15.0. The third-order valence-corrected chi connectivity index (χ3v) is 3.92. The molecule has 1 aliphatic rings. The summed E-state index contributed by atoms with van der Waals surface area (Å²) in [4.78, 5) is 13.3. The normalized spacial score (nSPS) is 17.2. The van der Waals surface area contributed by atoms with E-state index < -0.39 is 5.97 Å². The number of aromatic carboxylic acids is 1. The molecule has 2 N–H and O–H groups in total. The fraction of sp³-hybridized carbons (Fsp3) is 0.562. The van der Waals surface area contributed by atoms with Crippen molar-refractivity contribution >= 4 is 5.97 Å². The Labute approximate surface area is 120 Å². The van der Waals surface area contributed by atoms with Crippen molar-refractivity contribution < 1.29 is 9.90 Å². The Morgan fingerprint density at radius 2 is 1.95 bits per heavy atom. The van der Waals surface area contributed by atoms with Gasteiger partial charge in [-0.05, 0) is 56.6 Å². The van der Waals surface area contributed by atoms with Crippen LogP contribution in [0.15, 0.2) is 24.3 Å². The van der Waals surface area contributed by atoms with Crippen molar-refractivity contribution in [1.82, 2.24) is 10.2 Å². The molecule has 1 saturated heterocycles. The summed E-state index contributed by atoms with van der Waals surface area (Å²) in [6, 6.07) is 7.71. The molecule has 0 amide bonds. The van der Waals surface area contributed by atoms with Crippen molar-refractivity contribution in [1.29, 1.82) is 0 Å². The van der Waals surface area contributed by atoms with Crippen LogP contribution in [-0.2, 0) is 6.54 Å². The zero-order valence-electron chi connectivity index (χ0n) is 12.1. The smallest absolute Gasteiger partial charge is 0.335 e. The Morgan fingerprint density at radius 3 is 2.50 bits per heavy atom. The minimum atomic E-state index is -0.868. The van der Waals surface area contributed by atoms with Gasteiger partial charge in [0.15, 0.2) is 0 Å². The van der Waals surface area contributed by atoms with Crippen LogP contribution in [0.3, 0.4) is 0 Å². The van der Waals surface area contributed by atoms with Gasteiger partial charge in [0, 0.05) is 12.6 Å². The molecule has 0 aliphatic carbocycles. The SMILES string of the molecule is CCCN1CCC(NCc2ccc(C(=O)O)cc2)CC1. The standard InChI is InChI=1S/C16H24N2O2/c1-2-9-18-10-7-15(8-11-18)17-12-13-3-5-14(6-4-13)16(19)20/h3-6,15,17H,2,7-12H2,1H3,(H,19,20). The van der Waals surface area contributed by atoms with E-state index in [0.29, 0.717) is 11.6 Å². The summed E-state index contributed by atoms with van der Waals surface area (Å²) >= 11 is 0. The fourth-order valence-electron chi connectivity index (χ4n) is 2.70. The molecule has 1 aromatic rings. The second-order valence-electron chi connectivity index (χ2n) is 5.50. The van der Waals surface area contributed by atoms with E-state index in [-0.39, 0.29) is 0 Å². The van der Waals surface area contributed by atoms with Crippen LogP contribution < -0.4 is 5.32 Å². The van der Waals surface area contributed by atoms with Crippen molar-refractivity contribution in [3.8, 4) is 0 Å². The molecule has 1 aliphatic heterocycles. The Hall–Kier alpha value is -1.39. The topological polar surface area (TPSA) is 52.6 Å². The molecule has 0 atom stereocenters. The Kier molecular flexibility index (Phi) is 5.56. The van der Waals surface area contributed by atoms with E-state index in [1.165, 1.54) is 38.9 Å². The van der Waals surface area contributed by atoms with Crippen LogP contribution in [0, 0.1) is 0 Å².